The van der Waals surface area contributed by atoms with Crippen LogP contribution in [0, 0.1) is 29.6 Å². The summed E-state index contributed by atoms with van der Waals surface area (Å²) in [6, 6.07) is 5.54. The van der Waals surface area contributed by atoms with E-state index in [0.29, 0.717) is 18.8 Å². The Hall–Kier alpha value is -1.50. The van der Waals surface area contributed by atoms with Gasteiger partial charge in [-0.25, -0.2) is 0 Å². The molecule has 0 amide bonds. The zero-order valence-electron chi connectivity index (χ0n) is 13.5. The zero-order valence-corrected chi connectivity index (χ0v) is 13.5. The minimum atomic E-state index is -1.04. The Balaban J connectivity index is 1.77. The summed E-state index contributed by atoms with van der Waals surface area (Å²) in [5, 5.41) is 31.5. The van der Waals surface area contributed by atoms with Gasteiger partial charge >= 0.3 is 0 Å². The molecule has 4 rings (SSSR count). The number of aromatic hydroxyl groups is 1. The average Bonchev–Trinajstić information content (AvgIpc) is 2.79. The van der Waals surface area contributed by atoms with Crippen molar-refractivity contribution < 1.29 is 15.3 Å². The SMILES string of the molecule is C#C[C@]1(O)CC[C@H]2[C@@H]3[C@H](O)Cc4cc(O)ccc4[C@H]3CC[C@@]21C. The molecule has 23 heavy (non-hydrogen) atoms. The summed E-state index contributed by atoms with van der Waals surface area (Å²) < 4.78 is 0. The molecule has 3 nitrogen and oxygen atoms in total. The first-order chi connectivity index (χ1) is 10.9. The molecule has 0 saturated heterocycles. The third-order valence-electron chi connectivity index (χ3n) is 7.12. The van der Waals surface area contributed by atoms with Gasteiger partial charge in [-0.15, -0.1) is 6.42 Å². The van der Waals surface area contributed by atoms with Gasteiger partial charge in [0.2, 0.25) is 0 Å². The van der Waals surface area contributed by atoms with Gasteiger partial charge in [-0.3, -0.25) is 0 Å². The summed E-state index contributed by atoms with van der Waals surface area (Å²) in [5.74, 6) is 3.61. The lowest BCUT2D eigenvalue weighted by Gasteiger charge is -2.53. The van der Waals surface area contributed by atoms with Gasteiger partial charge in [0.05, 0.1) is 6.10 Å². The largest absolute Gasteiger partial charge is 0.508 e. The maximum absolute atomic E-state index is 10.9. The predicted molar refractivity (Wildman–Crippen MR) is 87.9 cm³/mol. The molecule has 2 saturated carbocycles. The number of aliphatic hydroxyl groups is 2. The van der Waals surface area contributed by atoms with Gasteiger partial charge in [-0.05, 0) is 73.1 Å². The topological polar surface area (TPSA) is 60.7 Å². The van der Waals surface area contributed by atoms with E-state index in [1.165, 1.54) is 5.56 Å². The Kier molecular flexibility index (Phi) is 3.11. The third-order valence-corrected chi connectivity index (χ3v) is 7.12. The van der Waals surface area contributed by atoms with Gasteiger partial charge in [-0.2, -0.15) is 0 Å². The number of benzene rings is 1. The Morgan fingerprint density at radius 2 is 2.04 bits per heavy atom. The van der Waals surface area contributed by atoms with E-state index >= 15 is 0 Å². The van der Waals surface area contributed by atoms with Gasteiger partial charge < -0.3 is 15.3 Å². The Bertz CT molecular complexity index is 691. The normalized spacial score (nSPS) is 44.8. The first kappa shape index (κ1) is 15.1. The summed E-state index contributed by atoms with van der Waals surface area (Å²) in [7, 11) is 0. The molecule has 0 heterocycles. The Labute approximate surface area is 137 Å². The summed E-state index contributed by atoms with van der Waals surface area (Å²) in [6.07, 6.45) is 9.12. The minimum absolute atomic E-state index is 0.146. The van der Waals surface area contributed by atoms with Crippen molar-refractivity contribution >= 4 is 0 Å². The molecule has 0 bridgehead atoms. The lowest BCUT2D eigenvalue weighted by molar-refractivity contribution is -0.0901. The number of rotatable bonds is 0. The van der Waals surface area contributed by atoms with Crippen LogP contribution in [0.1, 0.15) is 49.7 Å². The van der Waals surface area contributed by atoms with Gasteiger partial charge in [0.1, 0.15) is 11.4 Å². The highest BCUT2D eigenvalue weighted by molar-refractivity contribution is 5.41. The van der Waals surface area contributed by atoms with Gasteiger partial charge in [0, 0.05) is 5.41 Å². The van der Waals surface area contributed by atoms with Crippen LogP contribution in [0.3, 0.4) is 0 Å². The molecule has 3 aliphatic rings. The molecule has 0 radical (unpaired) electrons. The van der Waals surface area contributed by atoms with Crippen molar-refractivity contribution in [1.82, 2.24) is 0 Å². The number of hydrogen-bond donors (Lipinski definition) is 3. The number of aliphatic hydroxyl groups excluding tert-OH is 1. The maximum atomic E-state index is 10.9. The lowest BCUT2D eigenvalue weighted by atomic mass is 9.52. The van der Waals surface area contributed by atoms with Crippen molar-refractivity contribution in [3.63, 3.8) is 0 Å². The molecule has 3 N–H and O–H groups in total. The molecule has 0 spiro atoms. The Morgan fingerprint density at radius 3 is 2.78 bits per heavy atom. The third kappa shape index (κ3) is 1.86. The Morgan fingerprint density at radius 1 is 1.26 bits per heavy atom. The molecule has 3 aliphatic carbocycles. The van der Waals surface area contributed by atoms with E-state index in [1.54, 1.807) is 12.1 Å². The monoisotopic (exact) mass is 312 g/mol. The molecule has 0 aliphatic heterocycles. The van der Waals surface area contributed by atoms with E-state index < -0.39 is 11.7 Å². The fourth-order valence-corrected chi connectivity index (χ4v) is 5.84. The second-order valence-corrected chi connectivity index (χ2v) is 7.94. The van der Waals surface area contributed by atoms with Crippen LogP contribution < -0.4 is 0 Å². The lowest BCUT2D eigenvalue weighted by Crippen LogP contribution is -2.53. The van der Waals surface area contributed by atoms with Crippen molar-refractivity contribution in [2.75, 3.05) is 0 Å². The van der Waals surface area contributed by atoms with Crippen molar-refractivity contribution in [2.45, 2.75) is 56.7 Å². The van der Waals surface area contributed by atoms with Crippen molar-refractivity contribution in [1.29, 1.82) is 0 Å². The van der Waals surface area contributed by atoms with Crippen LogP contribution in [0.2, 0.25) is 0 Å². The van der Waals surface area contributed by atoms with E-state index in [9.17, 15) is 15.3 Å². The second-order valence-electron chi connectivity index (χ2n) is 7.94. The number of terminal acetylenes is 1. The van der Waals surface area contributed by atoms with Crippen molar-refractivity contribution in [3.05, 3.63) is 29.3 Å². The molecule has 3 heteroatoms. The average molecular weight is 312 g/mol. The van der Waals surface area contributed by atoms with Crippen LogP contribution in [0.15, 0.2) is 18.2 Å². The van der Waals surface area contributed by atoms with Crippen LogP contribution in [-0.2, 0) is 6.42 Å². The molecule has 0 aromatic heterocycles. The van der Waals surface area contributed by atoms with E-state index in [2.05, 4.69) is 12.8 Å². The van der Waals surface area contributed by atoms with Gasteiger partial charge in [0.15, 0.2) is 0 Å². The maximum Gasteiger partial charge on any atom is 0.130 e. The smallest absolute Gasteiger partial charge is 0.130 e. The number of phenolic OH excluding ortho intramolecular Hbond substituents is 1. The molecule has 0 unspecified atom stereocenters. The van der Waals surface area contributed by atoms with Crippen LogP contribution in [0.4, 0.5) is 0 Å². The van der Waals surface area contributed by atoms with Crippen LogP contribution in [0.5, 0.6) is 5.75 Å². The molecule has 2 fully saturated rings. The van der Waals surface area contributed by atoms with E-state index in [0.717, 1.165) is 24.8 Å². The van der Waals surface area contributed by atoms with Gasteiger partial charge in [-0.1, -0.05) is 18.9 Å². The quantitative estimate of drug-likeness (QED) is 0.645. The highest BCUT2D eigenvalue weighted by Gasteiger charge is 2.62. The summed E-state index contributed by atoms with van der Waals surface area (Å²) in [4.78, 5) is 0. The number of phenols is 1. The molecule has 1 aromatic rings. The molecule has 6 atom stereocenters. The fraction of sp³-hybridized carbons (Fsp3) is 0.600. The van der Waals surface area contributed by atoms with Crippen LogP contribution in [0.25, 0.3) is 0 Å². The zero-order chi connectivity index (χ0) is 16.4. The highest BCUT2D eigenvalue weighted by Crippen LogP contribution is 2.64. The fourth-order valence-electron chi connectivity index (χ4n) is 5.84. The number of fused-ring (bicyclic) bond motifs is 5. The molecular formula is C20H24O3. The van der Waals surface area contributed by atoms with E-state index in [1.807, 2.05) is 6.07 Å². The van der Waals surface area contributed by atoms with Crippen molar-refractivity contribution in [3.8, 4) is 18.1 Å². The van der Waals surface area contributed by atoms with Gasteiger partial charge in [0.25, 0.3) is 0 Å². The first-order valence-corrected chi connectivity index (χ1v) is 8.59. The highest BCUT2D eigenvalue weighted by atomic mass is 16.3. The first-order valence-electron chi connectivity index (χ1n) is 8.59. The van der Waals surface area contributed by atoms with Crippen LogP contribution in [-0.4, -0.2) is 27.0 Å². The molecule has 1 aromatic carbocycles. The summed E-state index contributed by atoms with van der Waals surface area (Å²) >= 11 is 0. The number of hydrogen-bond acceptors (Lipinski definition) is 3. The second kappa shape index (κ2) is 4.75. The van der Waals surface area contributed by atoms with E-state index in [-0.39, 0.29) is 23.0 Å². The van der Waals surface area contributed by atoms with E-state index in [4.69, 9.17) is 6.42 Å². The summed E-state index contributed by atoms with van der Waals surface area (Å²) in [5.41, 5.74) is 0.972. The van der Waals surface area contributed by atoms with Crippen molar-refractivity contribution in [2.24, 2.45) is 17.3 Å². The standard InChI is InChI=1S/C20H24O3/c1-3-20(23)9-7-16-18-15(6-8-19(16,20)2)14-5-4-13(21)10-12(14)11-17(18)22/h1,4-5,10,15-18,21-23H,6-9,11H2,2H3/t15-,16+,17-,18-,19+,20+/m1/s1. The minimum Gasteiger partial charge on any atom is -0.508 e. The predicted octanol–water partition coefficient (Wildman–Crippen LogP) is 2.58. The summed E-state index contributed by atoms with van der Waals surface area (Å²) in [6.45, 7) is 2.11. The molecule has 122 valence electrons. The van der Waals surface area contributed by atoms with Crippen LogP contribution >= 0.6 is 0 Å². The molecular weight excluding hydrogens is 288 g/mol.